The molecule has 1 aromatic carbocycles. The number of nitrogens with zero attached hydrogens (tertiary/aromatic N) is 1. The first-order valence-corrected chi connectivity index (χ1v) is 8.88. The van der Waals surface area contributed by atoms with Crippen molar-refractivity contribution in [1.29, 1.82) is 0 Å². The van der Waals surface area contributed by atoms with E-state index in [-0.39, 0.29) is 12.5 Å². The van der Waals surface area contributed by atoms with Gasteiger partial charge in [0.25, 0.3) is 5.91 Å². The Bertz CT molecular complexity index is 875. The molecule has 0 fully saturated rings. The number of amides is 1. The Morgan fingerprint density at radius 2 is 2.20 bits per heavy atom. The van der Waals surface area contributed by atoms with E-state index in [1.165, 1.54) is 11.3 Å². The number of carbonyl (C=O) groups excluding carboxylic acids is 1. The van der Waals surface area contributed by atoms with Crippen molar-refractivity contribution in [3.63, 3.8) is 0 Å². The van der Waals surface area contributed by atoms with Gasteiger partial charge in [0, 0.05) is 9.90 Å². The van der Waals surface area contributed by atoms with Crippen LogP contribution in [-0.2, 0) is 11.3 Å². The lowest BCUT2D eigenvalue weighted by molar-refractivity contribution is -0.123. The van der Waals surface area contributed by atoms with Crippen LogP contribution in [0, 0.1) is 13.8 Å². The number of hydrogen-bond acceptors (Lipinski definition) is 5. The fourth-order valence-corrected chi connectivity index (χ4v) is 3.27. The van der Waals surface area contributed by atoms with Gasteiger partial charge in [0.1, 0.15) is 5.75 Å². The van der Waals surface area contributed by atoms with E-state index in [2.05, 4.69) is 10.3 Å². The minimum atomic E-state index is -0.194. The van der Waals surface area contributed by atoms with Crippen molar-refractivity contribution in [2.75, 3.05) is 6.61 Å². The number of rotatable bonds is 6. The molecule has 2 aromatic heterocycles. The average Bonchev–Trinajstić information content (AvgIpc) is 3.23. The van der Waals surface area contributed by atoms with Crippen LogP contribution in [0.1, 0.15) is 16.1 Å². The van der Waals surface area contributed by atoms with Crippen LogP contribution in [0.15, 0.2) is 41.0 Å². The highest BCUT2D eigenvalue weighted by atomic mass is 35.5. The van der Waals surface area contributed by atoms with Gasteiger partial charge in [-0.1, -0.05) is 11.6 Å². The second-order valence-corrected chi connectivity index (χ2v) is 6.97. The second kappa shape index (κ2) is 7.72. The lowest BCUT2D eigenvalue weighted by atomic mass is 10.2. The van der Waals surface area contributed by atoms with Gasteiger partial charge < -0.3 is 14.5 Å². The summed E-state index contributed by atoms with van der Waals surface area (Å²) in [5, 5.41) is 4.32. The summed E-state index contributed by atoms with van der Waals surface area (Å²) in [5.41, 5.74) is 1.79. The van der Waals surface area contributed by atoms with Gasteiger partial charge in [-0.15, -0.1) is 11.3 Å². The van der Waals surface area contributed by atoms with Gasteiger partial charge >= 0.3 is 0 Å². The molecule has 0 radical (unpaired) electrons. The van der Waals surface area contributed by atoms with Crippen LogP contribution >= 0.6 is 22.9 Å². The van der Waals surface area contributed by atoms with Crippen molar-refractivity contribution in [3.05, 3.63) is 57.8 Å². The third kappa shape index (κ3) is 4.41. The summed E-state index contributed by atoms with van der Waals surface area (Å²) >= 11 is 7.47. The van der Waals surface area contributed by atoms with Crippen LogP contribution < -0.4 is 10.1 Å². The van der Waals surface area contributed by atoms with E-state index in [0.29, 0.717) is 17.3 Å². The van der Waals surface area contributed by atoms with Crippen molar-refractivity contribution in [2.45, 2.75) is 20.4 Å². The first kappa shape index (κ1) is 17.5. The maximum atomic E-state index is 12.0. The van der Waals surface area contributed by atoms with E-state index in [4.69, 9.17) is 20.8 Å². The molecule has 3 rings (SSSR count). The van der Waals surface area contributed by atoms with E-state index in [1.807, 2.05) is 26.0 Å². The van der Waals surface area contributed by atoms with Gasteiger partial charge in [0.05, 0.1) is 18.5 Å². The summed E-state index contributed by atoms with van der Waals surface area (Å²) in [6.07, 6.45) is 1.61. The summed E-state index contributed by atoms with van der Waals surface area (Å²) in [4.78, 5) is 17.5. The van der Waals surface area contributed by atoms with E-state index in [1.54, 1.807) is 24.5 Å². The van der Waals surface area contributed by atoms with Crippen LogP contribution in [0.5, 0.6) is 5.75 Å². The third-order valence-electron chi connectivity index (χ3n) is 3.57. The van der Waals surface area contributed by atoms with E-state index in [0.717, 1.165) is 26.9 Å². The summed E-state index contributed by atoms with van der Waals surface area (Å²) in [5.74, 6) is 1.15. The maximum Gasteiger partial charge on any atom is 0.258 e. The lowest BCUT2D eigenvalue weighted by Gasteiger charge is -2.08. The first-order chi connectivity index (χ1) is 12.0. The molecular weight excluding hydrogens is 360 g/mol. The second-order valence-electron chi connectivity index (χ2n) is 5.48. The zero-order chi connectivity index (χ0) is 17.8. The molecule has 130 valence electrons. The normalized spacial score (nSPS) is 10.7. The van der Waals surface area contributed by atoms with Gasteiger partial charge in [-0.05, 0) is 49.7 Å². The summed E-state index contributed by atoms with van der Waals surface area (Å²) in [6.45, 7) is 4.16. The van der Waals surface area contributed by atoms with Gasteiger partial charge in [0.15, 0.2) is 17.4 Å². The summed E-state index contributed by atoms with van der Waals surface area (Å²) < 4.78 is 10.8. The monoisotopic (exact) mass is 376 g/mol. The molecule has 1 N–H and O–H groups in total. The Kier molecular flexibility index (Phi) is 5.40. The average molecular weight is 377 g/mol. The van der Waals surface area contributed by atoms with Crippen molar-refractivity contribution in [1.82, 2.24) is 10.3 Å². The quantitative estimate of drug-likeness (QED) is 0.693. The molecule has 25 heavy (non-hydrogen) atoms. The number of benzene rings is 1. The van der Waals surface area contributed by atoms with Gasteiger partial charge in [-0.3, -0.25) is 4.79 Å². The van der Waals surface area contributed by atoms with Crippen LogP contribution in [0.3, 0.4) is 0 Å². The van der Waals surface area contributed by atoms with Crippen LogP contribution in [0.4, 0.5) is 0 Å². The van der Waals surface area contributed by atoms with Gasteiger partial charge in [0.2, 0.25) is 0 Å². The van der Waals surface area contributed by atoms with Gasteiger partial charge in [-0.25, -0.2) is 4.98 Å². The first-order valence-electron chi connectivity index (χ1n) is 7.69. The number of aromatic nitrogens is 1. The number of ether oxygens (including phenoxy) is 1. The molecule has 5 nitrogen and oxygen atoms in total. The molecule has 1 amide bonds. The minimum absolute atomic E-state index is 0.0516. The van der Waals surface area contributed by atoms with E-state index < -0.39 is 0 Å². The Labute approximate surface area is 154 Å². The molecule has 2 heterocycles. The van der Waals surface area contributed by atoms with E-state index in [9.17, 15) is 4.79 Å². The zero-order valence-corrected chi connectivity index (χ0v) is 15.4. The SMILES string of the molecule is Cc1cc(OCC(=O)NCc2sc(-c3ccco3)nc2C)ccc1Cl. The lowest BCUT2D eigenvalue weighted by Crippen LogP contribution is -2.28. The Hall–Kier alpha value is -2.31. The Morgan fingerprint density at radius 1 is 1.36 bits per heavy atom. The predicted molar refractivity (Wildman–Crippen MR) is 98.1 cm³/mol. The number of furan rings is 1. The molecule has 7 heteroatoms. The highest BCUT2D eigenvalue weighted by Gasteiger charge is 2.12. The molecular formula is C18H17ClN2O3S. The molecule has 0 aliphatic carbocycles. The number of carbonyl (C=O) groups is 1. The van der Waals surface area contributed by atoms with Crippen molar-refractivity contribution < 1.29 is 13.9 Å². The topological polar surface area (TPSA) is 64.4 Å². The number of aryl methyl sites for hydroxylation is 2. The molecule has 0 unspecified atom stereocenters. The molecule has 0 bridgehead atoms. The van der Waals surface area contributed by atoms with Crippen LogP contribution in [0.2, 0.25) is 5.02 Å². The van der Waals surface area contributed by atoms with Crippen molar-refractivity contribution >= 4 is 28.8 Å². The largest absolute Gasteiger partial charge is 0.484 e. The Morgan fingerprint density at radius 3 is 2.92 bits per heavy atom. The molecule has 0 aliphatic rings. The number of halogens is 1. The van der Waals surface area contributed by atoms with Gasteiger partial charge in [-0.2, -0.15) is 0 Å². The summed E-state index contributed by atoms with van der Waals surface area (Å²) in [6, 6.07) is 8.98. The number of thiazole rings is 1. The molecule has 0 atom stereocenters. The van der Waals surface area contributed by atoms with Crippen molar-refractivity contribution in [2.24, 2.45) is 0 Å². The maximum absolute atomic E-state index is 12.0. The third-order valence-corrected chi connectivity index (χ3v) is 5.17. The van der Waals surface area contributed by atoms with Crippen LogP contribution in [0.25, 0.3) is 10.8 Å². The minimum Gasteiger partial charge on any atom is -0.484 e. The fourth-order valence-electron chi connectivity index (χ4n) is 2.18. The highest BCUT2D eigenvalue weighted by molar-refractivity contribution is 7.15. The fraction of sp³-hybridized carbons (Fsp3) is 0.222. The Balaban J connectivity index is 1.53. The molecule has 0 saturated carbocycles. The van der Waals surface area contributed by atoms with Crippen molar-refractivity contribution in [3.8, 4) is 16.5 Å². The summed E-state index contributed by atoms with van der Waals surface area (Å²) in [7, 11) is 0. The zero-order valence-electron chi connectivity index (χ0n) is 13.8. The molecule has 3 aromatic rings. The molecule has 0 spiro atoms. The predicted octanol–water partition coefficient (Wildman–Crippen LogP) is 4.37. The standard InChI is InChI=1S/C18H17ClN2O3S/c1-11-8-13(5-6-14(11)19)24-10-17(22)20-9-16-12(2)21-18(25-16)15-4-3-7-23-15/h3-8H,9-10H2,1-2H3,(H,20,22). The molecule has 0 aliphatic heterocycles. The number of nitrogens with one attached hydrogen (secondary N) is 1. The highest BCUT2D eigenvalue weighted by Crippen LogP contribution is 2.28. The smallest absolute Gasteiger partial charge is 0.258 e. The van der Waals surface area contributed by atoms with E-state index >= 15 is 0 Å². The number of hydrogen-bond donors (Lipinski definition) is 1. The van der Waals surface area contributed by atoms with Crippen LogP contribution in [-0.4, -0.2) is 17.5 Å². The molecule has 0 saturated heterocycles.